The molecule has 3 aliphatic carbocycles. The molecule has 0 aliphatic heterocycles. The first-order chi connectivity index (χ1) is 30.3. The summed E-state index contributed by atoms with van der Waals surface area (Å²) < 4.78 is 0. The zero-order valence-corrected chi connectivity index (χ0v) is 35.5. The second-order valence-corrected chi connectivity index (χ2v) is 18.7. The highest BCUT2D eigenvalue weighted by Gasteiger charge is 2.42. The first kappa shape index (κ1) is 35.5. The van der Waals surface area contributed by atoms with Crippen LogP contribution in [0.25, 0.3) is 111 Å². The van der Waals surface area contributed by atoms with Crippen molar-refractivity contribution in [2.24, 2.45) is 0 Å². The van der Waals surface area contributed by atoms with Crippen molar-refractivity contribution < 1.29 is 0 Å². The van der Waals surface area contributed by atoms with E-state index in [1.54, 1.807) is 0 Å². The molecule has 0 heteroatoms. The maximum absolute atomic E-state index is 2.52. The Morgan fingerprint density at radius 2 is 0.742 bits per heavy atom. The lowest BCUT2D eigenvalue weighted by atomic mass is 9.79. The summed E-state index contributed by atoms with van der Waals surface area (Å²) in [6.45, 7) is 9.61. The minimum absolute atomic E-state index is 0.0389. The van der Waals surface area contributed by atoms with Gasteiger partial charge in [0.2, 0.25) is 0 Å². The van der Waals surface area contributed by atoms with Gasteiger partial charge in [-0.25, -0.2) is 0 Å². The Hall–Kier alpha value is -7.28. The zero-order valence-electron chi connectivity index (χ0n) is 35.5. The lowest BCUT2D eigenvalue weighted by Crippen LogP contribution is -2.17. The van der Waals surface area contributed by atoms with Crippen LogP contribution < -0.4 is 0 Å². The van der Waals surface area contributed by atoms with Crippen LogP contribution in [0.4, 0.5) is 0 Å². The van der Waals surface area contributed by atoms with E-state index in [2.05, 4.69) is 222 Å². The highest BCUT2D eigenvalue weighted by Crippen LogP contribution is 2.59. The summed E-state index contributed by atoms with van der Waals surface area (Å²) in [5.41, 5.74) is 26.3. The third kappa shape index (κ3) is 4.73. The maximum Gasteiger partial charge on any atom is 0.0159 e. The second-order valence-electron chi connectivity index (χ2n) is 18.7. The van der Waals surface area contributed by atoms with E-state index in [9.17, 15) is 0 Å². The first-order valence-corrected chi connectivity index (χ1v) is 22.1. The van der Waals surface area contributed by atoms with Gasteiger partial charge in [-0.1, -0.05) is 198 Å². The third-order valence-electron chi connectivity index (χ3n) is 14.8. The van der Waals surface area contributed by atoms with E-state index in [1.165, 1.54) is 133 Å². The van der Waals surface area contributed by atoms with Crippen LogP contribution in [0.5, 0.6) is 0 Å². The summed E-state index contributed by atoms with van der Waals surface area (Å²) in [5.74, 6) is 0. The molecule has 0 atom stereocenters. The topological polar surface area (TPSA) is 0 Å². The molecule has 0 saturated heterocycles. The molecule has 0 heterocycles. The number of benzene rings is 10. The van der Waals surface area contributed by atoms with Crippen LogP contribution in [0.1, 0.15) is 49.9 Å². The molecule has 292 valence electrons. The molecule has 0 spiro atoms. The van der Waals surface area contributed by atoms with Crippen molar-refractivity contribution >= 4 is 21.5 Å². The van der Waals surface area contributed by atoms with Gasteiger partial charge >= 0.3 is 0 Å². The zero-order chi connectivity index (χ0) is 41.5. The largest absolute Gasteiger partial charge is 0.0622 e. The molecule has 0 unspecified atom stereocenters. The van der Waals surface area contributed by atoms with E-state index in [1.807, 2.05) is 0 Å². The van der Waals surface area contributed by atoms with Crippen LogP contribution in [-0.2, 0) is 10.8 Å². The Morgan fingerprint density at radius 3 is 1.40 bits per heavy atom. The predicted molar refractivity (Wildman–Crippen MR) is 263 cm³/mol. The second kappa shape index (κ2) is 12.6. The van der Waals surface area contributed by atoms with Crippen LogP contribution in [0.2, 0.25) is 0 Å². The van der Waals surface area contributed by atoms with Gasteiger partial charge in [0.15, 0.2) is 0 Å². The Kier molecular flexibility index (Phi) is 7.23. The molecule has 0 fully saturated rings. The molecule has 0 bridgehead atoms. The quantitative estimate of drug-likeness (QED) is 0.167. The average Bonchev–Trinajstić information content (AvgIpc) is 3.85. The summed E-state index contributed by atoms with van der Waals surface area (Å²) in [5, 5.41) is 5.18. The van der Waals surface area contributed by atoms with Gasteiger partial charge in [-0.05, 0) is 157 Å². The van der Waals surface area contributed by atoms with Crippen molar-refractivity contribution in [3.05, 3.63) is 216 Å². The molecule has 0 radical (unpaired) electrons. The van der Waals surface area contributed by atoms with Crippen LogP contribution in [0, 0.1) is 0 Å². The van der Waals surface area contributed by atoms with E-state index >= 15 is 0 Å². The molecule has 0 aromatic heterocycles. The molecular weight excluding hydrogens is 745 g/mol. The molecule has 13 rings (SSSR count). The lowest BCUT2D eigenvalue weighted by molar-refractivity contribution is 0.652. The average molecular weight is 789 g/mol. The van der Waals surface area contributed by atoms with E-state index in [4.69, 9.17) is 0 Å². The van der Waals surface area contributed by atoms with Gasteiger partial charge in [-0.15, -0.1) is 0 Å². The summed E-state index contributed by atoms with van der Waals surface area (Å²) in [4.78, 5) is 0. The smallest absolute Gasteiger partial charge is 0.0159 e. The fourth-order valence-electron chi connectivity index (χ4n) is 11.8. The molecule has 0 N–H and O–H groups in total. The fraction of sp³-hybridized carbons (Fsp3) is 0.0968. The van der Waals surface area contributed by atoms with Gasteiger partial charge in [-0.2, -0.15) is 0 Å². The minimum Gasteiger partial charge on any atom is -0.0622 e. The predicted octanol–water partition coefficient (Wildman–Crippen LogP) is 16.9. The summed E-state index contributed by atoms with van der Waals surface area (Å²) in [6.07, 6.45) is 0. The number of rotatable bonds is 4. The van der Waals surface area contributed by atoms with E-state index in [0.29, 0.717) is 0 Å². The van der Waals surface area contributed by atoms with Crippen molar-refractivity contribution in [2.75, 3.05) is 0 Å². The standard InChI is InChI=1S/C62H44/c1-61(2)52-28-14-13-23-43(52)50-35-55-51(36-54(50)61)44-32-29-40(34-53(44)62(55,3)4)42-31-30-41(33-49(42)37-17-7-5-8-18-37)58-46-25-12-11-24-45(46)57(39-19-9-6-10-20-39)59-47-26-15-21-38-22-16-27-48(56(38)47)60(58)59/h5-36H,1-4H3. The van der Waals surface area contributed by atoms with Crippen molar-refractivity contribution in [1.82, 2.24) is 0 Å². The molecule has 0 amide bonds. The van der Waals surface area contributed by atoms with Crippen molar-refractivity contribution in [2.45, 2.75) is 38.5 Å². The normalized spacial score (nSPS) is 14.4. The van der Waals surface area contributed by atoms with Gasteiger partial charge in [0.1, 0.15) is 0 Å². The van der Waals surface area contributed by atoms with Gasteiger partial charge in [0, 0.05) is 10.8 Å². The van der Waals surface area contributed by atoms with Crippen LogP contribution in [0.3, 0.4) is 0 Å². The van der Waals surface area contributed by atoms with Crippen LogP contribution >= 0.6 is 0 Å². The van der Waals surface area contributed by atoms with Gasteiger partial charge < -0.3 is 0 Å². The van der Waals surface area contributed by atoms with Crippen molar-refractivity contribution in [3.8, 4) is 89.0 Å². The highest BCUT2D eigenvalue weighted by atomic mass is 14.4. The summed E-state index contributed by atoms with van der Waals surface area (Å²) in [6, 6.07) is 73.4. The summed E-state index contributed by atoms with van der Waals surface area (Å²) in [7, 11) is 0. The Labute approximate surface area is 363 Å². The number of hydrogen-bond donors (Lipinski definition) is 0. The number of fused-ring (bicyclic) bond motifs is 10. The number of hydrogen-bond acceptors (Lipinski definition) is 0. The molecule has 10 aromatic rings. The Balaban J connectivity index is 1.03. The Bertz CT molecular complexity index is 3540. The summed E-state index contributed by atoms with van der Waals surface area (Å²) >= 11 is 0. The highest BCUT2D eigenvalue weighted by molar-refractivity contribution is 6.27. The molecule has 0 nitrogen and oxygen atoms in total. The fourth-order valence-corrected chi connectivity index (χ4v) is 11.8. The minimum atomic E-state index is -0.153. The molecule has 10 aromatic carbocycles. The third-order valence-corrected chi connectivity index (χ3v) is 14.8. The van der Waals surface area contributed by atoms with E-state index in [-0.39, 0.29) is 10.8 Å². The van der Waals surface area contributed by atoms with Crippen LogP contribution in [-0.4, -0.2) is 0 Å². The first-order valence-electron chi connectivity index (χ1n) is 22.1. The molecule has 62 heavy (non-hydrogen) atoms. The maximum atomic E-state index is 2.52. The van der Waals surface area contributed by atoms with Crippen LogP contribution in [0.15, 0.2) is 194 Å². The Morgan fingerprint density at radius 1 is 0.258 bits per heavy atom. The van der Waals surface area contributed by atoms with E-state index < -0.39 is 0 Å². The van der Waals surface area contributed by atoms with Crippen molar-refractivity contribution in [1.29, 1.82) is 0 Å². The monoisotopic (exact) mass is 788 g/mol. The van der Waals surface area contributed by atoms with Gasteiger partial charge in [0.25, 0.3) is 0 Å². The SMILES string of the molecule is CC1(C)c2ccccc2-c2cc3c(cc21)-c1ccc(-c2ccc(-c4c5c(c(-c6ccccc6)c6ccccc46)-c4cccc6cccc-5c46)cc2-c2ccccc2)cc1C3(C)C. The van der Waals surface area contributed by atoms with Gasteiger partial charge in [0.05, 0.1) is 0 Å². The van der Waals surface area contributed by atoms with Gasteiger partial charge in [-0.3, -0.25) is 0 Å². The van der Waals surface area contributed by atoms with E-state index in [0.717, 1.165) is 0 Å². The van der Waals surface area contributed by atoms with Crippen molar-refractivity contribution in [3.63, 3.8) is 0 Å². The molecule has 0 saturated carbocycles. The lowest BCUT2D eigenvalue weighted by Gasteiger charge is -2.24. The molecule has 3 aliphatic rings. The molecular formula is C62H44.